The topological polar surface area (TPSA) is 66.4 Å². The second-order valence-corrected chi connectivity index (χ2v) is 6.89. The van der Waals surface area contributed by atoms with E-state index in [1.165, 1.54) is 10.4 Å². The lowest BCUT2D eigenvalue weighted by Crippen LogP contribution is -2.26. The summed E-state index contributed by atoms with van der Waals surface area (Å²) >= 11 is 3.46. The molecular formula is C13H17NO3S2. The van der Waals surface area contributed by atoms with E-state index >= 15 is 0 Å². The van der Waals surface area contributed by atoms with Gasteiger partial charge < -0.3 is 10.4 Å². The number of carbonyl (C=O) groups excluding carboxylic acids is 1. The molecule has 0 saturated heterocycles. The molecular weight excluding hydrogens is 282 g/mol. The van der Waals surface area contributed by atoms with Crippen LogP contribution in [0.5, 0.6) is 0 Å². The molecule has 1 aliphatic heterocycles. The standard InChI is InChI=1S/C13H17NO3S2/c1-8(13(16)17)2-4-14-12(15)11-6-9-7-18-5-3-10(9)19-11/h6,8H,2-5,7H2,1H3,(H,14,15)(H,16,17). The molecule has 1 aromatic rings. The SMILES string of the molecule is CC(CCNC(=O)c1cc2c(s1)CCSC2)C(=O)O. The zero-order valence-electron chi connectivity index (χ0n) is 10.8. The van der Waals surface area contributed by atoms with Gasteiger partial charge in [0.25, 0.3) is 5.91 Å². The number of aliphatic carboxylic acids is 1. The Bertz CT molecular complexity index is 461. The highest BCUT2D eigenvalue weighted by Gasteiger charge is 2.17. The van der Waals surface area contributed by atoms with Crippen LogP contribution in [0, 0.1) is 5.92 Å². The Morgan fingerprint density at radius 3 is 3.00 bits per heavy atom. The van der Waals surface area contributed by atoms with Gasteiger partial charge in [0.15, 0.2) is 0 Å². The average Bonchev–Trinajstić information content (AvgIpc) is 2.82. The second kappa shape index (κ2) is 6.43. The molecule has 1 atom stereocenters. The molecule has 1 aliphatic rings. The van der Waals surface area contributed by atoms with Gasteiger partial charge in [-0.25, -0.2) is 0 Å². The van der Waals surface area contributed by atoms with Crippen molar-refractivity contribution in [2.45, 2.75) is 25.5 Å². The summed E-state index contributed by atoms with van der Waals surface area (Å²) in [5.74, 6) is 0.799. The van der Waals surface area contributed by atoms with Crippen LogP contribution in [-0.4, -0.2) is 29.3 Å². The minimum atomic E-state index is -0.821. The Labute approximate surface area is 120 Å². The number of nitrogens with one attached hydrogen (secondary N) is 1. The highest BCUT2D eigenvalue weighted by Crippen LogP contribution is 2.31. The van der Waals surface area contributed by atoms with Gasteiger partial charge >= 0.3 is 5.97 Å². The monoisotopic (exact) mass is 299 g/mol. The number of aryl methyl sites for hydroxylation is 1. The molecule has 1 amide bonds. The van der Waals surface area contributed by atoms with Gasteiger partial charge in [-0.2, -0.15) is 11.8 Å². The molecule has 2 rings (SSSR count). The maximum Gasteiger partial charge on any atom is 0.306 e. The van der Waals surface area contributed by atoms with Gasteiger partial charge in [-0.15, -0.1) is 11.3 Å². The van der Waals surface area contributed by atoms with Crippen molar-refractivity contribution in [2.75, 3.05) is 12.3 Å². The number of thioether (sulfide) groups is 1. The van der Waals surface area contributed by atoms with Crippen LogP contribution in [0.1, 0.15) is 33.5 Å². The summed E-state index contributed by atoms with van der Waals surface area (Å²) in [4.78, 5) is 24.7. The fourth-order valence-electron chi connectivity index (χ4n) is 1.87. The van der Waals surface area contributed by atoms with Crippen LogP contribution in [0.4, 0.5) is 0 Å². The molecule has 0 radical (unpaired) electrons. The Morgan fingerprint density at radius 1 is 1.53 bits per heavy atom. The van der Waals surface area contributed by atoms with Crippen LogP contribution in [0.3, 0.4) is 0 Å². The molecule has 0 aliphatic carbocycles. The smallest absolute Gasteiger partial charge is 0.306 e. The summed E-state index contributed by atoms with van der Waals surface area (Å²) in [5, 5.41) is 11.6. The molecule has 2 heterocycles. The number of carboxylic acid groups (broad SMARTS) is 1. The molecule has 4 nitrogen and oxygen atoms in total. The number of fused-ring (bicyclic) bond motifs is 1. The Hall–Kier alpha value is -1.01. The van der Waals surface area contributed by atoms with Gasteiger partial charge in [-0.1, -0.05) is 6.92 Å². The molecule has 0 fully saturated rings. The first-order chi connectivity index (χ1) is 9.08. The predicted octanol–water partition coefficient (Wildman–Crippen LogP) is 2.38. The maximum atomic E-state index is 12.0. The summed E-state index contributed by atoms with van der Waals surface area (Å²) < 4.78 is 0. The van der Waals surface area contributed by atoms with Crippen molar-refractivity contribution in [3.05, 3.63) is 21.4 Å². The molecule has 1 unspecified atom stereocenters. The molecule has 0 spiro atoms. The first-order valence-corrected chi connectivity index (χ1v) is 8.25. The third-order valence-corrected chi connectivity index (χ3v) is 5.38. The summed E-state index contributed by atoms with van der Waals surface area (Å²) in [7, 11) is 0. The van der Waals surface area contributed by atoms with E-state index in [4.69, 9.17) is 5.11 Å². The summed E-state index contributed by atoms with van der Waals surface area (Å²) in [6.45, 7) is 2.05. The van der Waals surface area contributed by atoms with Gasteiger partial charge in [-0.3, -0.25) is 9.59 Å². The quantitative estimate of drug-likeness (QED) is 0.876. The molecule has 0 aromatic carbocycles. The number of rotatable bonds is 5. The highest BCUT2D eigenvalue weighted by molar-refractivity contribution is 7.98. The van der Waals surface area contributed by atoms with Gasteiger partial charge in [0.05, 0.1) is 10.8 Å². The van der Waals surface area contributed by atoms with Crippen LogP contribution in [0.2, 0.25) is 0 Å². The summed E-state index contributed by atoms with van der Waals surface area (Å²) in [6, 6.07) is 1.97. The number of carboxylic acids is 1. The normalized spacial score (nSPS) is 15.6. The molecule has 2 N–H and O–H groups in total. The minimum absolute atomic E-state index is 0.0815. The van der Waals surface area contributed by atoms with E-state index in [0.717, 1.165) is 22.8 Å². The lowest BCUT2D eigenvalue weighted by molar-refractivity contribution is -0.141. The van der Waals surface area contributed by atoms with E-state index < -0.39 is 11.9 Å². The van der Waals surface area contributed by atoms with Crippen molar-refractivity contribution in [1.29, 1.82) is 0 Å². The number of thiophene rings is 1. The Kier molecular flexibility index (Phi) is 4.87. The van der Waals surface area contributed by atoms with Gasteiger partial charge in [0.1, 0.15) is 0 Å². The van der Waals surface area contributed by atoms with E-state index in [-0.39, 0.29) is 5.91 Å². The number of carbonyl (C=O) groups is 2. The van der Waals surface area contributed by atoms with Gasteiger partial charge in [-0.05, 0) is 30.2 Å². The molecule has 19 heavy (non-hydrogen) atoms. The van der Waals surface area contributed by atoms with E-state index in [1.807, 2.05) is 17.8 Å². The van der Waals surface area contributed by atoms with Crippen molar-refractivity contribution in [1.82, 2.24) is 5.32 Å². The molecule has 0 bridgehead atoms. The maximum absolute atomic E-state index is 12.0. The van der Waals surface area contributed by atoms with E-state index in [1.54, 1.807) is 18.3 Å². The van der Waals surface area contributed by atoms with Crippen LogP contribution in [0.15, 0.2) is 6.07 Å². The second-order valence-electron chi connectivity index (χ2n) is 4.65. The number of hydrogen-bond donors (Lipinski definition) is 2. The van der Waals surface area contributed by atoms with Crippen molar-refractivity contribution in [2.24, 2.45) is 5.92 Å². The average molecular weight is 299 g/mol. The number of amides is 1. The van der Waals surface area contributed by atoms with Crippen LogP contribution in [0.25, 0.3) is 0 Å². The third kappa shape index (κ3) is 3.73. The lowest BCUT2D eigenvalue weighted by atomic mass is 10.1. The Morgan fingerprint density at radius 2 is 2.32 bits per heavy atom. The van der Waals surface area contributed by atoms with Crippen molar-refractivity contribution in [3.63, 3.8) is 0 Å². The van der Waals surface area contributed by atoms with Crippen LogP contribution in [-0.2, 0) is 17.0 Å². The minimum Gasteiger partial charge on any atom is -0.481 e. The molecule has 6 heteroatoms. The van der Waals surface area contributed by atoms with Crippen molar-refractivity contribution >= 4 is 35.0 Å². The summed E-state index contributed by atoms with van der Waals surface area (Å²) in [6.07, 6.45) is 1.51. The molecule has 1 aromatic heterocycles. The van der Waals surface area contributed by atoms with Crippen molar-refractivity contribution < 1.29 is 14.7 Å². The largest absolute Gasteiger partial charge is 0.481 e. The summed E-state index contributed by atoms with van der Waals surface area (Å²) in [5.41, 5.74) is 1.28. The van der Waals surface area contributed by atoms with E-state index in [9.17, 15) is 9.59 Å². The lowest BCUT2D eigenvalue weighted by Gasteiger charge is -2.08. The van der Waals surface area contributed by atoms with Gasteiger partial charge in [0, 0.05) is 17.2 Å². The van der Waals surface area contributed by atoms with Crippen molar-refractivity contribution in [3.8, 4) is 0 Å². The fourth-order valence-corrected chi connectivity index (χ4v) is 4.16. The zero-order chi connectivity index (χ0) is 13.8. The third-order valence-electron chi connectivity index (χ3n) is 3.14. The van der Waals surface area contributed by atoms with Gasteiger partial charge in [0.2, 0.25) is 0 Å². The first kappa shape index (κ1) is 14.4. The van der Waals surface area contributed by atoms with E-state index in [0.29, 0.717) is 13.0 Å². The van der Waals surface area contributed by atoms with Crippen LogP contribution >= 0.6 is 23.1 Å². The van der Waals surface area contributed by atoms with Crippen LogP contribution < -0.4 is 5.32 Å². The zero-order valence-corrected chi connectivity index (χ0v) is 12.4. The fraction of sp³-hybridized carbons (Fsp3) is 0.538. The van der Waals surface area contributed by atoms with E-state index in [2.05, 4.69) is 5.32 Å². The highest BCUT2D eigenvalue weighted by atomic mass is 32.2. The first-order valence-electron chi connectivity index (χ1n) is 6.28. The molecule has 0 saturated carbocycles. The Balaban J connectivity index is 1.86. The predicted molar refractivity (Wildman–Crippen MR) is 77.9 cm³/mol. The number of hydrogen-bond acceptors (Lipinski definition) is 4. The molecule has 104 valence electrons.